The number of carbonyl (C=O) groups is 1. The van der Waals surface area contributed by atoms with E-state index in [9.17, 15) is 4.79 Å². The number of fused-ring (bicyclic) bond motifs is 1. The standard InChI is InChI=1S/C18H19NO4/c20-18(21)10-16-9-17(23-19-16)12-22-11-13-5-7-14-3-1-2-4-15(14)8-6-13/h1,3,6-8,12H,2,4-5,9-11H2,(H,20,21)/b17-12-. The van der Waals surface area contributed by atoms with Gasteiger partial charge in [0, 0.05) is 0 Å². The molecule has 0 saturated carbocycles. The van der Waals surface area contributed by atoms with Crippen molar-refractivity contribution >= 4 is 11.7 Å². The monoisotopic (exact) mass is 313 g/mol. The number of allylic oxidation sites excluding steroid dienone is 8. The van der Waals surface area contributed by atoms with Gasteiger partial charge in [0.05, 0.1) is 18.6 Å². The summed E-state index contributed by atoms with van der Waals surface area (Å²) in [6, 6.07) is 0. The maximum Gasteiger partial charge on any atom is 0.309 e. The van der Waals surface area contributed by atoms with Crippen LogP contribution in [0.4, 0.5) is 0 Å². The molecule has 0 spiro atoms. The summed E-state index contributed by atoms with van der Waals surface area (Å²) >= 11 is 0. The fourth-order valence-corrected chi connectivity index (χ4v) is 2.68. The topological polar surface area (TPSA) is 68.1 Å². The average molecular weight is 313 g/mol. The van der Waals surface area contributed by atoms with Crippen molar-refractivity contribution in [1.82, 2.24) is 0 Å². The lowest BCUT2D eigenvalue weighted by molar-refractivity contribution is -0.135. The molecule has 0 aromatic heterocycles. The summed E-state index contributed by atoms with van der Waals surface area (Å²) in [5.74, 6) is -0.362. The van der Waals surface area contributed by atoms with E-state index in [0.717, 1.165) is 19.3 Å². The van der Waals surface area contributed by atoms with Crippen LogP contribution in [0.25, 0.3) is 0 Å². The quantitative estimate of drug-likeness (QED) is 0.787. The number of aliphatic carboxylic acids is 1. The molecule has 0 bridgehead atoms. The Labute approximate surface area is 135 Å². The molecule has 2 aliphatic carbocycles. The number of oxime groups is 1. The van der Waals surface area contributed by atoms with Crippen molar-refractivity contribution in [2.45, 2.75) is 32.1 Å². The Morgan fingerprint density at radius 3 is 3.22 bits per heavy atom. The van der Waals surface area contributed by atoms with E-state index in [2.05, 4.69) is 35.5 Å². The van der Waals surface area contributed by atoms with E-state index in [0.29, 0.717) is 24.5 Å². The first-order valence-corrected chi connectivity index (χ1v) is 7.71. The highest BCUT2D eigenvalue weighted by Gasteiger charge is 2.17. The summed E-state index contributed by atoms with van der Waals surface area (Å²) < 4.78 is 5.57. The molecule has 0 aromatic rings. The number of ether oxygens (including phenoxy) is 1. The molecule has 1 N–H and O–H groups in total. The smallest absolute Gasteiger partial charge is 0.309 e. The van der Waals surface area contributed by atoms with Crippen molar-refractivity contribution in [3.05, 3.63) is 59.1 Å². The van der Waals surface area contributed by atoms with Gasteiger partial charge in [-0.05, 0) is 36.0 Å². The summed E-state index contributed by atoms with van der Waals surface area (Å²) in [5, 5.41) is 12.4. The first kappa shape index (κ1) is 15.3. The molecule has 23 heavy (non-hydrogen) atoms. The number of hydrogen-bond acceptors (Lipinski definition) is 4. The highest BCUT2D eigenvalue weighted by Crippen LogP contribution is 2.27. The fourth-order valence-electron chi connectivity index (χ4n) is 2.68. The number of hydrogen-bond donors (Lipinski definition) is 1. The first-order chi connectivity index (χ1) is 11.2. The Morgan fingerprint density at radius 1 is 1.43 bits per heavy atom. The van der Waals surface area contributed by atoms with Crippen LogP contribution in [0.5, 0.6) is 0 Å². The summed E-state index contributed by atoms with van der Waals surface area (Å²) in [6.07, 6.45) is 15.8. The molecule has 0 saturated heterocycles. The molecule has 0 fully saturated rings. The van der Waals surface area contributed by atoms with Crippen LogP contribution in [-0.4, -0.2) is 23.4 Å². The maximum absolute atomic E-state index is 10.6. The molecule has 0 radical (unpaired) electrons. The zero-order chi connectivity index (χ0) is 16.1. The van der Waals surface area contributed by atoms with Crippen LogP contribution in [0.1, 0.15) is 32.1 Å². The van der Waals surface area contributed by atoms with Gasteiger partial charge in [0.1, 0.15) is 12.9 Å². The highest BCUT2D eigenvalue weighted by molar-refractivity contribution is 5.99. The van der Waals surface area contributed by atoms with Crippen molar-refractivity contribution in [1.29, 1.82) is 0 Å². The zero-order valence-corrected chi connectivity index (χ0v) is 12.8. The zero-order valence-electron chi connectivity index (χ0n) is 12.8. The van der Waals surface area contributed by atoms with Crippen LogP contribution in [0.15, 0.2) is 64.3 Å². The first-order valence-electron chi connectivity index (χ1n) is 7.71. The highest BCUT2D eigenvalue weighted by atomic mass is 16.6. The molecule has 1 heterocycles. The molecule has 3 aliphatic rings. The third kappa shape index (κ3) is 4.22. The third-order valence-corrected chi connectivity index (χ3v) is 3.86. The summed E-state index contributed by atoms with van der Waals surface area (Å²) in [4.78, 5) is 15.7. The largest absolute Gasteiger partial charge is 0.493 e. The van der Waals surface area contributed by atoms with E-state index >= 15 is 0 Å². The van der Waals surface area contributed by atoms with Crippen LogP contribution < -0.4 is 0 Å². The number of carboxylic acids is 1. The van der Waals surface area contributed by atoms with Crippen molar-refractivity contribution < 1.29 is 19.5 Å². The van der Waals surface area contributed by atoms with Gasteiger partial charge in [-0.3, -0.25) is 4.79 Å². The molecule has 1 aliphatic heterocycles. The van der Waals surface area contributed by atoms with E-state index in [-0.39, 0.29) is 6.42 Å². The molecule has 5 nitrogen and oxygen atoms in total. The molecule has 0 aromatic carbocycles. The second kappa shape index (κ2) is 7.13. The maximum atomic E-state index is 10.6. The molecular formula is C18H19NO4. The second-order valence-electron chi connectivity index (χ2n) is 5.71. The van der Waals surface area contributed by atoms with Crippen LogP contribution in [0, 0.1) is 0 Å². The Morgan fingerprint density at radius 2 is 2.35 bits per heavy atom. The lowest BCUT2D eigenvalue weighted by Gasteiger charge is -2.10. The van der Waals surface area contributed by atoms with Crippen molar-refractivity contribution in [2.24, 2.45) is 5.16 Å². The Hall–Kier alpha value is -2.56. The number of rotatable bonds is 5. The minimum absolute atomic E-state index is 0.100. The van der Waals surface area contributed by atoms with Gasteiger partial charge in [-0.25, -0.2) is 0 Å². The van der Waals surface area contributed by atoms with Gasteiger partial charge < -0.3 is 14.7 Å². The molecule has 5 heteroatoms. The Balaban J connectivity index is 1.50. The normalized spacial score (nSPS) is 21.5. The van der Waals surface area contributed by atoms with Gasteiger partial charge in [0.25, 0.3) is 0 Å². The second-order valence-corrected chi connectivity index (χ2v) is 5.71. The molecule has 0 atom stereocenters. The van der Waals surface area contributed by atoms with Crippen molar-refractivity contribution in [3.63, 3.8) is 0 Å². The van der Waals surface area contributed by atoms with Crippen LogP contribution in [0.2, 0.25) is 0 Å². The van der Waals surface area contributed by atoms with E-state index < -0.39 is 5.97 Å². The molecule has 0 unspecified atom stereocenters. The summed E-state index contributed by atoms with van der Waals surface area (Å²) in [6.45, 7) is 0.485. The molecule has 0 amide bonds. The molecular weight excluding hydrogens is 294 g/mol. The molecule has 120 valence electrons. The van der Waals surface area contributed by atoms with Crippen LogP contribution >= 0.6 is 0 Å². The van der Waals surface area contributed by atoms with Crippen molar-refractivity contribution in [2.75, 3.05) is 6.61 Å². The van der Waals surface area contributed by atoms with Gasteiger partial charge in [-0.1, -0.05) is 35.5 Å². The minimum atomic E-state index is -0.908. The average Bonchev–Trinajstić information content (AvgIpc) is 2.86. The van der Waals surface area contributed by atoms with Gasteiger partial charge >= 0.3 is 5.97 Å². The lowest BCUT2D eigenvalue weighted by atomic mass is 9.95. The third-order valence-electron chi connectivity index (χ3n) is 3.86. The molecule has 3 rings (SSSR count). The van der Waals surface area contributed by atoms with Crippen molar-refractivity contribution in [3.8, 4) is 0 Å². The van der Waals surface area contributed by atoms with E-state index in [1.807, 2.05) is 0 Å². The van der Waals surface area contributed by atoms with Crippen LogP contribution in [0.3, 0.4) is 0 Å². The van der Waals surface area contributed by atoms with Gasteiger partial charge in [-0.15, -0.1) is 0 Å². The van der Waals surface area contributed by atoms with Gasteiger partial charge in [0.15, 0.2) is 5.76 Å². The summed E-state index contributed by atoms with van der Waals surface area (Å²) in [5.41, 5.74) is 4.39. The minimum Gasteiger partial charge on any atom is -0.493 e. The summed E-state index contributed by atoms with van der Waals surface area (Å²) in [7, 11) is 0. The Kier molecular flexibility index (Phi) is 4.76. The SMILES string of the molecule is O=C(O)CC1=NO/C(=C\OCC2=CC=C3CCC=CC3=CC2)C1. The van der Waals surface area contributed by atoms with E-state index in [4.69, 9.17) is 14.7 Å². The van der Waals surface area contributed by atoms with Gasteiger partial charge in [0.2, 0.25) is 0 Å². The Bertz CT molecular complexity index is 677. The number of carboxylic acid groups (broad SMARTS) is 1. The fraction of sp³-hybridized carbons (Fsp3) is 0.333. The van der Waals surface area contributed by atoms with Gasteiger partial charge in [-0.2, -0.15) is 0 Å². The lowest BCUT2D eigenvalue weighted by Crippen LogP contribution is -2.04. The van der Waals surface area contributed by atoms with Crippen LogP contribution in [-0.2, 0) is 14.4 Å². The predicted molar refractivity (Wildman–Crippen MR) is 86.7 cm³/mol. The van der Waals surface area contributed by atoms with E-state index in [1.165, 1.54) is 23.0 Å². The predicted octanol–water partition coefficient (Wildman–Crippen LogP) is 3.63. The number of nitrogens with zero attached hydrogens (tertiary/aromatic N) is 1. The van der Waals surface area contributed by atoms with E-state index in [1.54, 1.807) is 0 Å².